The van der Waals surface area contributed by atoms with Crippen molar-refractivity contribution in [2.75, 3.05) is 5.32 Å². The number of nitrogens with one attached hydrogen (secondary N) is 1. The quantitative estimate of drug-likeness (QED) is 0.244. The van der Waals surface area contributed by atoms with Crippen molar-refractivity contribution in [3.63, 3.8) is 0 Å². The van der Waals surface area contributed by atoms with Crippen molar-refractivity contribution < 1.29 is 13.9 Å². The molecule has 9 heteroatoms. The molecule has 6 rings (SSSR count). The van der Waals surface area contributed by atoms with E-state index in [1.165, 1.54) is 29.0 Å². The molecule has 2 heterocycles. The summed E-state index contributed by atoms with van der Waals surface area (Å²) in [6.07, 6.45) is 9.07. The van der Waals surface area contributed by atoms with Crippen molar-refractivity contribution in [1.29, 1.82) is 0 Å². The number of fused-ring (bicyclic) bond motifs is 1. The predicted molar refractivity (Wildman–Crippen MR) is 150 cm³/mol. The highest BCUT2D eigenvalue weighted by Gasteiger charge is 2.41. The summed E-state index contributed by atoms with van der Waals surface area (Å²) in [5.74, 6) is -0.932. The second-order valence-electron chi connectivity index (χ2n) is 10.8. The molecule has 206 valence electrons. The van der Waals surface area contributed by atoms with Crippen LogP contribution in [-0.4, -0.2) is 35.7 Å². The van der Waals surface area contributed by atoms with Crippen LogP contribution in [0.15, 0.2) is 85.6 Å². The van der Waals surface area contributed by atoms with E-state index < -0.39 is 23.3 Å². The molecule has 0 spiro atoms. The first-order valence-electron chi connectivity index (χ1n) is 13.7. The number of aliphatic hydroxyl groups is 1. The summed E-state index contributed by atoms with van der Waals surface area (Å²) in [6.45, 7) is 1.67. The minimum atomic E-state index is -1.79. The number of nitrogens with zero attached hydrogens (tertiary/aromatic N) is 5. The van der Waals surface area contributed by atoms with Gasteiger partial charge in [-0.05, 0) is 68.4 Å². The summed E-state index contributed by atoms with van der Waals surface area (Å²) in [7, 11) is 0. The van der Waals surface area contributed by atoms with Crippen LogP contribution < -0.4 is 5.32 Å². The molecule has 0 amide bonds. The highest BCUT2D eigenvalue weighted by atomic mass is 19.1. The standard InChI is InChI=1S/C31H32F2N6O/c1-21(31(40,18-38-20-34-19-36-38)28-13-9-25(32)16-29(28)33)39-30-14-12-27(15-24(30)17-35-39)37-26-10-7-23(8-11-26)22-5-3-2-4-6-22/h2-6,9,12-17,19-21,23,26,37,40H,7-8,10-11,18H2,1H3/t21-,23?,26?,31-/m1/s1. The third-order valence-electron chi connectivity index (χ3n) is 8.29. The van der Waals surface area contributed by atoms with Gasteiger partial charge in [0.1, 0.15) is 29.9 Å². The number of rotatable bonds is 8. The molecule has 7 nitrogen and oxygen atoms in total. The van der Waals surface area contributed by atoms with Crippen LogP contribution in [0.4, 0.5) is 14.5 Å². The van der Waals surface area contributed by atoms with Gasteiger partial charge in [0.15, 0.2) is 0 Å². The molecule has 1 aliphatic rings. The predicted octanol–water partition coefficient (Wildman–Crippen LogP) is 6.19. The summed E-state index contributed by atoms with van der Waals surface area (Å²) in [5.41, 5.74) is 1.41. The SMILES string of the molecule is C[C@@H](n1ncc2cc(NC3CCC(c4ccccc4)CC3)ccc21)[C@](O)(Cn1cncn1)c1ccc(F)cc1F. The average Bonchev–Trinajstić information content (AvgIpc) is 3.63. The van der Waals surface area contributed by atoms with E-state index in [2.05, 4.69) is 56.9 Å². The van der Waals surface area contributed by atoms with Crippen LogP contribution in [0.2, 0.25) is 0 Å². The van der Waals surface area contributed by atoms with Crippen LogP contribution in [0.3, 0.4) is 0 Å². The lowest BCUT2D eigenvalue weighted by molar-refractivity contribution is -0.0354. The second kappa shape index (κ2) is 10.8. The molecule has 0 aliphatic heterocycles. The number of hydrogen-bond donors (Lipinski definition) is 2. The zero-order valence-corrected chi connectivity index (χ0v) is 22.3. The Morgan fingerprint density at radius 1 is 1.00 bits per heavy atom. The van der Waals surface area contributed by atoms with Crippen LogP contribution in [0.25, 0.3) is 10.9 Å². The summed E-state index contributed by atoms with van der Waals surface area (Å²) in [5, 5.41) is 25.3. The van der Waals surface area contributed by atoms with E-state index in [1.807, 2.05) is 12.1 Å². The molecular formula is C31H32F2N6O. The lowest BCUT2D eigenvalue weighted by Gasteiger charge is -2.35. The fourth-order valence-electron chi connectivity index (χ4n) is 6.03. The van der Waals surface area contributed by atoms with Gasteiger partial charge >= 0.3 is 0 Å². The summed E-state index contributed by atoms with van der Waals surface area (Å²) >= 11 is 0. The molecule has 3 aromatic carbocycles. The van der Waals surface area contributed by atoms with Gasteiger partial charge in [-0.3, -0.25) is 4.68 Å². The molecule has 1 fully saturated rings. The van der Waals surface area contributed by atoms with Gasteiger partial charge in [-0.2, -0.15) is 10.2 Å². The maximum absolute atomic E-state index is 15.0. The lowest BCUT2D eigenvalue weighted by atomic mass is 9.82. The van der Waals surface area contributed by atoms with Crippen molar-refractivity contribution in [3.05, 3.63) is 108 Å². The fraction of sp³-hybridized carbons (Fsp3) is 0.323. The van der Waals surface area contributed by atoms with Gasteiger partial charge in [0.2, 0.25) is 0 Å². The maximum atomic E-state index is 15.0. The minimum Gasteiger partial charge on any atom is -0.382 e. The number of benzene rings is 3. The van der Waals surface area contributed by atoms with Gasteiger partial charge in [0.05, 0.1) is 24.3 Å². The molecule has 2 aromatic heterocycles. The van der Waals surface area contributed by atoms with Gasteiger partial charge in [-0.25, -0.2) is 18.4 Å². The Hall–Kier alpha value is -4.11. The summed E-state index contributed by atoms with van der Waals surface area (Å²) < 4.78 is 31.8. The van der Waals surface area contributed by atoms with Gasteiger partial charge in [-0.1, -0.05) is 36.4 Å². The van der Waals surface area contributed by atoms with Crippen LogP contribution in [0.5, 0.6) is 0 Å². The Labute approximate surface area is 231 Å². The molecule has 0 saturated heterocycles. The third kappa shape index (κ3) is 5.09. The molecule has 40 heavy (non-hydrogen) atoms. The van der Waals surface area contributed by atoms with E-state index in [4.69, 9.17) is 0 Å². The largest absolute Gasteiger partial charge is 0.382 e. The molecule has 5 aromatic rings. The van der Waals surface area contributed by atoms with Crippen molar-refractivity contribution in [3.8, 4) is 0 Å². The zero-order valence-electron chi connectivity index (χ0n) is 22.3. The van der Waals surface area contributed by atoms with Gasteiger partial charge in [0.25, 0.3) is 0 Å². The van der Waals surface area contributed by atoms with E-state index in [0.29, 0.717) is 12.0 Å². The molecule has 1 saturated carbocycles. The Morgan fingerprint density at radius 3 is 2.52 bits per heavy atom. The Balaban J connectivity index is 1.23. The van der Waals surface area contributed by atoms with Crippen LogP contribution in [0, 0.1) is 11.6 Å². The van der Waals surface area contributed by atoms with Crippen LogP contribution >= 0.6 is 0 Å². The summed E-state index contributed by atoms with van der Waals surface area (Å²) in [6, 6.07) is 19.7. The molecule has 0 unspecified atom stereocenters. The van der Waals surface area contributed by atoms with Crippen molar-refractivity contribution in [2.45, 2.75) is 62.8 Å². The maximum Gasteiger partial charge on any atom is 0.137 e. The van der Waals surface area contributed by atoms with E-state index in [0.717, 1.165) is 54.4 Å². The number of aromatic nitrogens is 5. The Bertz CT molecular complexity index is 1580. The molecule has 2 N–H and O–H groups in total. The topological polar surface area (TPSA) is 80.8 Å². The first kappa shape index (κ1) is 26.1. The fourth-order valence-corrected chi connectivity index (χ4v) is 6.03. The smallest absolute Gasteiger partial charge is 0.137 e. The monoisotopic (exact) mass is 542 g/mol. The second-order valence-corrected chi connectivity index (χ2v) is 10.8. The van der Waals surface area contributed by atoms with Gasteiger partial charge in [0, 0.05) is 28.7 Å². The van der Waals surface area contributed by atoms with E-state index in [-0.39, 0.29) is 12.1 Å². The molecule has 1 aliphatic carbocycles. The van der Waals surface area contributed by atoms with Crippen LogP contribution in [-0.2, 0) is 12.1 Å². The van der Waals surface area contributed by atoms with E-state index in [9.17, 15) is 9.50 Å². The number of halogens is 2. The Kier molecular flexibility index (Phi) is 7.06. The van der Waals surface area contributed by atoms with Crippen molar-refractivity contribution in [1.82, 2.24) is 24.5 Å². The minimum absolute atomic E-state index is 0.0371. The normalized spacial score (nSPS) is 19.8. The van der Waals surface area contributed by atoms with Crippen molar-refractivity contribution in [2.24, 2.45) is 0 Å². The Morgan fingerprint density at radius 2 is 1.80 bits per heavy atom. The molecular weight excluding hydrogens is 510 g/mol. The van der Waals surface area contributed by atoms with Crippen LogP contribution in [0.1, 0.15) is 55.7 Å². The average molecular weight is 543 g/mol. The zero-order chi connectivity index (χ0) is 27.7. The number of hydrogen-bond acceptors (Lipinski definition) is 5. The molecule has 0 bridgehead atoms. The third-order valence-corrected chi connectivity index (χ3v) is 8.29. The van der Waals surface area contributed by atoms with Gasteiger partial charge < -0.3 is 10.4 Å². The number of anilines is 1. The van der Waals surface area contributed by atoms with E-state index >= 15 is 4.39 Å². The first-order valence-corrected chi connectivity index (χ1v) is 13.7. The summed E-state index contributed by atoms with van der Waals surface area (Å²) in [4.78, 5) is 3.94. The van der Waals surface area contributed by atoms with Gasteiger partial charge in [-0.15, -0.1) is 0 Å². The lowest BCUT2D eigenvalue weighted by Crippen LogP contribution is -2.41. The van der Waals surface area contributed by atoms with Crippen molar-refractivity contribution >= 4 is 16.6 Å². The highest BCUT2D eigenvalue weighted by Crippen LogP contribution is 2.39. The van der Waals surface area contributed by atoms with E-state index in [1.54, 1.807) is 17.8 Å². The molecule has 0 radical (unpaired) electrons. The highest BCUT2D eigenvalue weighted by molar-refractivity contribution is 5.82. The molecule has 2 atom stereocenters. The first-order chi connectivity index (χ1) is 19.4.